The van der Waals surface area contributed by atoms with Gasteiger partial charge in [-0.15, -0.1) is 0 Å². The van der Waals surface area contributed by atoms with Crippen molar-refractivity contribution in [3.63, 3.8) is 0 Å². The summed E-state index contributed by atoms with van der Waals surface area (Å²) in [5, 5.41) is 13.7. The zero-order valence-corrected chi connectivity index (χ0v) is 9.70. The Labute approximate surface area is 98.1 Å². The third-order valence-corrected chi connectivity index (χ3v) is 3.17. The second-order valence-electron chi connectivity index (χ2n) is 3.47. The van der Waals surface area contributed by atoms with E-state index in [9.17, 15) is 5.11 Å². The van der Waals surface area contributed by atoms with E-state index in [4.69, 9.17) is 10.5 Å². The van der Waals surface area contributed by atoms with E-state index in [1.807, 2.05) is 22.9 Å². The highest BCUT2D eigenvalue weighted by atomic mass is 32.1. The maximum Gasteiger partial charge on any atom is 0.160 e. The molecule has 3 nitrogen and oxygen atoms in total. The Balaban J connectivity index is 2.31. The second kappa shape index (κ2) is 4.55. The molecule has 0 bridgehead atoms. The van der Waals surface area contributed by atoms with Gasteiger partial charge in [-0.1, -0.05) is 6.07 Å². The molecule has 4 heteroatoms. The molecule has 0 amide bonds. The molecule has 2 aromatic rings. The van der Waals surface area contributed by atoms with Crippen LogP contribution in [-0.2, 0) is 0 Å². The first-order chi connectivity index (χ1) is 7.72. The number of methoxy groups -OCH3 is 1. The number of phenols is 1. The molecule has 16 heavy (non-hydrogen) atoms. The van der Waals surface area contributed by atoms with Crippen molar-refractivity contribution in [3.05, 3.63) is 46.2 Å². The van der Waals surface area contributed by atoms with Gasteiger partial charge in [0.2, 0.25) is 0 Å². The molecule has 1 heterocycles. The van der Waals surface area contributed by atoms with Gasteiger partial charge in [0, 0.05) is 0 Å². The Morgan fingerprint density at radius 2 is 2.12 bits per heavy atom. The maximum atomic E-state index is 9.66. The van der Waals surface area contributed by atoms with Crippen LogP contribution in [0.5, 0.6) is 11.5 Å². The Morgan fingerprint density at radius 1 is 1.31 bits per heavy atom. The lowest BCUT2D eigenvalue weighted by molar-refractivity contribution is 0.373. The summed E-state index contributed by atoms with van der Waals surface area (Å²) in [4.78, 5) is 0. The minimum atomic E-state index is -0.206. The average molecular weight is 235 g/mol. The summed E-state index contributed by atoms with van der Waals surface area (Å²) < 4.78 is 4.98. The van der Waals surface area contributed by atoms with Crippen LogP contribution in [0.25, 0.3) is 0 Å². The monoisotopic (exact) mass is 235 g/mol. The highest BCUT2D eigenvalue weighted by Crippen LogP contribution is 2.30. The van der Waals surface area contributed by atoms with Crippen molar-refractivity contribution in [2.24, 2.45) is 5.73 Å². The van der Waals surface area contributed by atoms with Gasteiger partial charge in [-0.05, 0) is 40.1 Å². The molecule has 0 aliphatic carbocycles. The number of ether oxygens (including phenoxy) is 1. The number of nitrogens with two attached hydrogens (primary N) is 1. The zero-order valence-electron chi connectivity index (χ0n) is 8.88. The zero-order chi connectivity index (χ0) is 11.5. The topological polar surface area (TPSA) is 55.5 Å². The third kappa shape index (κ3) is 2.03. The van der Waals surface area contributed by atoms with E-state index in [2.05, 4.69) is 0 Å². The fraction of sp³-hybridized carbons (Fsp3) is 0.167. The van der Waals surface area contributed by atoms with Crippen LogP contribution in [0.3, 0.4) is 0 Å². The summed E-state index contributed by atoms with van der Waals surface area (Å²) >= 11 is 1.61. The van der Waals surface area contributed by atoms with Gasteiger partial charge in [-0.3, -0.25) is 0 Å². The largest absolute Gasteiger partial charge is 0.504 e. The number of hydrogen-bond donors (Lipinski definition) is 2. The first kappa shape index (κ1) is 11.0. The number of hydrogen-bond acceptors (Lipinski definition) is 4. The Kier molecular flexibility index (Phi) is 3.12. The van der Waals surface area contributed by atoms with Crippen molar-refractivity contribution in [2.75, 3.05) is 7.11 Å². The molecule has 84 valence electrons. The van der Waals surface area contributed by atoms with Crippen molar-refractivity contribution in [1.82, 2.24) is 0 Å². The summed E-state index contributed by atoms with van der Waals surface area (Å²) in [5.74, 6) is 0.576. The van der Waals surface area contributed by atoms with E-state index in [0.29, 0.717) is 5.75 Å². The van der Waals surface area contributed by atoms with E-state index in [-0.39, 0.29) is 11.8 Å². The van der Waals surface area contributed by atoms with Crippen LogP contribution in [0, 0.1) is 0 Å². The number of benzene rings is 1. The molecule has 0 spiro atoms. The van der Waals surface area contributed by atoms with Crippen molar-refractivity contribution < 1.29 is 9.84 Å². The van der Waals surface area contributed by atoms with Gasteiger partial charge in [-0.25, -0.2) is 0 Å². The molecule has 0 saturated heterocycles. The number of aromatic hydroxyl groups is 1. The summed E-state index contributed by atoms with van der Waals surface area (Å²) in [5.41, 5.74) is 8.00. The molecule has 0 aliphatic rings. The van der Waals surface area contributed by atoms with Gasteiger partial charge < -0.3 is 15.6 Å². The van der Waals surface area contributed by atoms with Crippen LogP contribution in [0.1, 0.15) is 17.2 Å². The van der Waals surface area contributed by atoms with Crippen molar-refractivity contribution >= 4 is 11.3 Å². The minimum absolute atomic E-state index is 0.116. The summed E-state index contributed by atoms with van der Waals surface area (Å²) in [6, 6.07) is 7.00. The molecular weight excluding hydrogens is 222 g/mol. The fourth-order valence-corrected chi connectivity index (χ4v) is 2.24. The van der Waals surface area contributed by atoms with E-state index < -0.39 is 0 Å². The smallest absolute Gasteiger partial charge is 0.160 e. The van der Waals surface area contributed by atoms with Crippen molar-refractivity contribution in [1.29, 1.82) is 0 Å². The quantitative estimate of drug-likeness (QED) is 0.859. The van der Waals surface area contributed by atoms with Gasteiger partial charge in [-0.2, -0.15) is 11.3 Å². The maximum absolute atomic E-state index is 9.66. The van der Waals surface area contributed by atoms with E-state index >= 15 is 0 Å². The van der Waals surface area contributed by atoms with Crippen LogP contribution in [0.2, 0.25) is 0 Å². The Morgan fingerprint density at radius 3 is 2.69 bits per heavy atom. The van der Waals surface area contributed by atoms with Gasteiger partial charge in [0.1, 0.15) is 0 Å². The first-order valence-corrected chi connectivity index (χ1v) is 5.81. The molecular formula is C12H13NO2S. The van der Waals surface area contributed by atoms with Crippen LogP contribution in [-0.4, -0.2) is 12.2 Å². The SMILES string of the molecule is COc1ccc([C@H](N)c2ccsc2)cc1O. The van der Waals surface area contributed by atoms with Crippen LogP contribution >= 0.6 is 11.3 Å². The molecule has 3 N–H and O–H groups in total. The summed E-state index contributed by atoms with van der Waals surface area (Å²) in [6.45, 7) is 0. The summed E-state index contributed by atoms with van der Waals surface area (Å²) in [7, 11) is 1.52. The number of rotatable bonds is 3. The highest BCUT2D eigenvalue weighted by Gasteiger charge is 2.11. The first-order valence-electron chi connectivity index (χ1n) is 4.87. The normalized spacial score (nSPS) is 12.4. The molecule has 0 unspecified atom stereocenters. The van der Waals surface area contributed by atoms with Crippen LogP contribution < -0.4 is 10.5 Å². The molecule has 0 radical (unpaired) electrons. The van der Waals surface area contributed by atoms with Gasteiger partial charge in [0.25, 0.3) is 0 Å². The van der Waals surface area contributed by atoms with E-state index in [1.165, 1.54) is 7.11 Å². The Hall–Kier alpha value is -1.52. The van der Waals surface area contributed by atoms with Gasteiger partial charge in [0.15, 0.2) is 11.5 Å². The molecule has 1 aromatic carbocycles. The lowest BCUT2D eigenvalue weighted by Gasteiger charge is -2.12. The Bertz CT molecular complexity index is 468. The van der Waals surface area contributed by atoms with Crippen molar-refractivity contribution in [3.8, 4) is 11.5 Å². The lowest BCUT2D eigenvalue weighted by Crippen LogP contribution is -2.10. The average Bonchev–Trinajstić information content (AvgIpc) is 2.81. The predicted octanol–water partition coefficient (Wildman–Crippen LogP) is 2.51. The van der Waals surface area contributed by atoms with E-state index in [0.717, 1.165) is 11.1 Å². The predicted molar refractivity (Wildman–Crippen MR) is 65.0 cm³/mol. The molecule has 0 fully saturated rings. The van der Waals surface area contributed by atoms with E-state index in [1.54, 1.807) is 23.5 Å². The third-order valence-electron chi connectivity index (χ3n) is 2.46. The molecule has 0 saturated carbocycles. The van der Waals surface area contributed by atoms with Gasteiger partial charge in [0.05, 0.1) is 13.2 Å². The minimum Gasteiger partial charge on any atom is -0.504 e. The van der Waals surface area contributed by atoms with Crippen LogP contribution in [0.15, 0.2) is 35.0 Å². The second-order valence-corrected chi connectivity index (χ2v) is 4.25. The number of thiophene rings is 1. The summed E-state index contributed by atoms with van der Waals surface area (Å²) in [6.07, 6.45) is 0. The molecule has 1 atom stereocenters. The molecule has 1 aromatic heterocycles. The number of phenolic OH excluding ortho intramolecular Hbond substituents is 1. The standard InChI is InChI=1S/C12H13NO2S/c1-15-11-3-2-8(6-10(11)14)12(13)9-4-5-16-7-9/h2-7,12,14H,13H2,1H3/t12-/m0/s1. The highest BCUT2D eigenvalue weighted by molar-refractivity contribution is 7.08. The molecule has 2 rings (SSSR count). The van der Waals surface area contributed by atoms with Crippen LogP contribution in [0.4, 0.5) is 0 Å². The van der Waals surface area contributed by atoms with Crippen molar-refractivity contribution in [2.45, 2.75) is 6.04 Å². The lowest BCUT2D eigenvalue weighted by atomic mass is 10.0. The van der Waals surface area contributed by atoms with Gasteiger partial charge >= 0.3 is 0 Å². The fourth-order valence-electron chi connectivity index (χ4n) is 1.54. The molecule has 0 aliphatic heterocycles.